The Morgan fingerprint density at radius 2 is 1.92 bits per heavy atom. The fourth-order valence-electron chi connectivity index (χ4n) is 2.94. The van der Waals surface area contributed by atoms with Gasteiger partial charge in [0.25, 0.3) is 5.69 Å². The summed E-state index contributed by atoms with van der Waals surface area (Å²) in [6.07, 6.45) is 7.60. The van der Waals surface area contributed by atoms with Crippen LogP contribution < -0.4 is 10.7 Å². The van der Waals surface area contributed by atoms with E-state index in [0.717, 1.165) is 18.4 Å². The Hall–Kier alpha value is -2.74. The summed E-state index contributed by atoms with van der Waals surface area (Å²) in [4.78, 5) is 10.3. The van der Waals surface area contributed by atoms with Crippen molar-refractivity contribution in [3.8, 4) is 11.3 Å². The summed E-state index contributed by atoms with van der Waals surface area (Å²) < 4.78 is 5.68. The number of thiocarbonyl (C=S) groups is 1. The van der Waals surface area contributed by atoms with E-state index < -0.39 is 4.92 Å². The molecule has 1 aliphatic carbocycles. The van der Waals surface area contributed by atoms with Crippen LogP contribution in [0.4, 0.5) is 5.69 Å². The van der Waals surface area contributed by atoms with Crippen molar-refractivity contribution in [2.45, 2.75) is 38.1 Å². The lowest BCUT2D eigenvalue weighted by Gasteiger charge is -2.23. The van der Waals surface area contributed by atoms with Crippen molar-refractivity contribution < 1.29 is 9.34 Å². The highest BCUT2D eigenvalue weighted by molar-refractivity contribution is 7.80. The van der Waals surface area contributed by atoms with Gasteiger partial charge in [-0.15, -0.1) is 0 Å². The molecular formula is C18H20N4O3S. The normalized spacial score (nSPS) is 15.1. The molecule has 1 aliphatic rings. The largest absolute Gasteiger partial charge is 0.455 e. The molecule has 1 fully saturated rings. The molecule has 0 atom stereocenters. The fourth-order valence-corrected chi connectivity index (χ4v) is 3.16. The van der Waals surface area contributed by atoms with Crippen molar-refractivity contribution in [1.29, 1.82) is 0 Å². The zero-order chi connectivity index (χ0) is 18.4. The number of nitro benzene ring substituents is 1. The monoisotopic (exact) mass is 372 g/mol. The molecule has 136 valence electrons. The molecular weight excluding hydrogens is 352 g/mol. The summed E-state index contributed by atoms with van der Waals surface area (Å²) in [5.74, 6) is 1.18. The highest BCUT2D eigenvalue weighted by Crippen LogP contribution is 2.24. The van der Waals surface area contributed by atoms with E-state index in [-0.39, 0.29) is 5.69 Å². The smallest absolute Gasteiger partial charge is 0.269 e. The van der Waals surface area contributed by atoms with E-state index >= 15 is 0 Å². The molecule has 8 heteroatoms. The molecule has 26 heavy (non-hydrogen) atoms. The molecule has 0 unspecified atom stereocenters. The first-order valence-electron chi connectivity index (χ1n) is 8.56. The summed E-state index contributed by atoms with van der Waals surface area (Å²) in [7, 11) is 0. The van der Waals surface area contributed by atoms with Crippen LogP contribution in [0.3, 0.4) is 0 Å². The molecule has 2 N–H and O–H groups in total. The van der Waals surface area contributed by atoms with E-state index in [2.05, 4.69) is 15.8 Å². The van der Waals surface area contributed by atoms with Crippen LogP contribution in [0.5, 0.6) is 0 Å². The molecule has 0 spiro atoms. The second-order valence-corrected chi connectivity index (χ2v) is 6.59. The zero-order valence-electron chi connectivity index (χ0n) is 14.2. The lowest BCUT2D eigenvalue weighted by Crippen LogP contribution is -2.40. The molecule has 1 aromatic heterocycles. The summed E-state index contributed by atoms with van der Waals surface area (Å²) in [6, 6.07) is 10.2. The van der Waals surface area contributed by atoms with Crippen LogP contribution in [0.25, 0.3) is 11.3 Å². The summed E-state index contributed by atoms with van der Waals surface area (Å²) in [5, 5.41) is 18.6. The number of hydrogen-bond donors (Lipinski definition) is 2. The minimum absolute atomic E-state index is 0.0465. The van der Waals surface area contributed by atoms with Gasteiger partial charge in [0.1, 0.15) is 11.5 Å². The third kappa shape index (κ3) is 4.89. The van der Waals surface area contributed by atoms with E-state index in [1.165, 1.54) is 31.4 Å². The molecule has 0 amide bonds. The van der Waals surface area contributed by atoms with Crippen LogP contribution in [-0.4, -0.2) is 22.3 Å². The number of rotatable bonds is 5. The maximum atomic E-state index is 10.7. The Labute approximate surface area is 156 Å². The van der Waals surface area contributed by atoms with Crippen molar-refractivity contribution >= 4 is 29.2 Å². The molecule has 1 heterocycles. The van der Waals surface area contributed by atoms with E-state index in [1.807, 2.05) is 0 Å². The lowest BCUT2D eigenvalue weighted by molar-refractivity contribution is -0.384. The van der Waals surface area contributed by atoms with Crippen LogP contribution in [0.1, 0.15) is 37.9 Å². The van der Waals surface area contributed by atoms with Gasteiger partial charge in [-0.1, -0.05) is 19.3 Å². The predicted octanol–water partition coefficient (Wildman–Crippen LogP) is 3.99. The minimum Gasteiger partial charge on any atom is -0.455 e. The Balaban J connectivity index is 1.53. The van der Waals surface area contributed by atoms with Gasteiger partial charge in [0.15, 0.2) is 5.11 Å². The number of non-ortho nitro benzene ring substituents is 1. The number of nitro groups is 1. The van der Waals surface area contributed by atoms with Crippen molar-refractivity contribution in [3.05, 3.63) is 52.3 Å². The Morgan fingerprint density at radius 3 is 2.62 bits per heavy atom. The van der Waals surface area contributed by atoms with Gasteiger partial charge >= 0.3 is 0 Å². The van der Waals surface area contributed by atoms with Crippen LogP contribution in [0.15, 0.2) is 45.9 Å². The Morgan fingerprint density at radius 1 is 1.19 bits per heavy atom. The van der Waals surface area contributed by atoms with Gasteiger partial charge in [0.2, 0.25) is 0 Å². The minimum atomic E-state index is -0.431. The van der Waals surface area contributed by atoms with Gasteiger partial charge in [-0.3, -0.25) is 15.5 Å². The molecule has 0 aliphatic heterocycles. The Kier molecular flexibility index (Phi) is 5.96. The van der Waals surface area contributed by atoms with E-state index in [1.54, 1.807) is 30.5 Å². The maximum absolute atomic E-state index is 10.7. The van der Waals surface area contributed by atoms with Crippen molar-refractivity contribution in [1.82, 2.24) is 10.7 Å². The first-order chi connectivity index (χ1) is 12.6. The molecule has 7 nitrogen and oxygen atoms in total. The molecule has 0 radical (unpaired) electrons. The van der Waals surface area contributed by atoms with E-state index in [0.29, 0.717) is 22.7 Å². The van der Waals surface area contributed by atoms with Crippen molar-refractivity contribution in [2.24, 2.45) is 5.10 Å². The van der Waals surface area contributed by atoms with Gasteiger partial charge in [-0.2, -0.15) is 5.10 Å². The van der Waals surface area contributed by atoms with Gasteiger partial charge < -0.3 is 9.73 Å². The number of nitrogens with zero attached hydrogens (tertiary/aromatic N) is 2. The van der Waals surface area contributed by atoms with Crippen LogP contribution >= 0.6 is 12.2 Å². The highest BCUT2D eigenvalue weighted by Gasteiger charge is 2.13. The summed E-state index contributed by atoms with van der Waals surface area (Å²) in [6.45, 7) is 0. The number of furan rings is 1. The fraction of sp³-hybridized carbons (Fsp3) is 0.333. The summed E-state index contributed by atoms with van der Waals surface area (Å²) >= 11 is 5.24. The number of nitrogens with one attached hydrogen (secondary N) is 2. The Bertz CT molecular complexity index is 795. The van der Waals surface area contributed by atoms with Gasteiger partial charge in [-0.25, -0.2) is 0 Å². The van der Waals surface area contributed by atoms with Crippen LogP contribution in [0, 0.1) is 10.1 Å². The highest BCUT2D eigenvalue weighted by atomic mass is 32.1. The maximum Gasteiger partial charge on any atom is 0.269 e. The van der Waals surface area contributed by atoms with E-state index in [4.69, 9.17) is 16.6 Å². The zero-order valence-corrected chi connectivity index (χ0v) is 15.0. The third-order valence-corrected chi connectivity index (χ3v) is 4.50. The molecule has 3 rings (SSSR count). The average molecular weight is 372 g/mol. The van der Waals surface area contributed by atoms with Crippen molar-refractivity contribution in [2.75, 3.05) is 0 Å². The lowest BCUT2D eigenvalue weighted by atomic mass is 9.96. The second-order valence-electron chi connectivity index (χ2n) is 6.18. The number of hydrogen-bond acceptors (Lipinski definition) is 5. The van der Waals surface area contributed by atoms with Crippen LogP contribution in [0.2, 0.25) is 0 Å². The molecule has 1 saturated carbocycles. The van der Waals surface area contributed by atoms with Gasteiger partial charge in [0, 0.05) is 23.7 Å². The predicted molar refractivity (Wildman–Crippen MR) is 104 cm³/mol. The molecule has 0 saturated heterocycles. The van der Waals surface area contributed by atoms with Gasteiger partial charge in [-0.05, 0) is 49.3 Å². The average Bonchev–Trinajstić information content (AvgIpc) is 3.11. The quantitative estimate of drug-likeness (QED) is 0.357. The molecule has 0 bridgehead atoms. The standard InChI is InChI=1S/C18H20N4O3S/c23-22(24)15-8-6-13(7-9-15)17-11-10-16(25-17)12-19-21-18(26)20-14-4-2-1-3-5-14/h6-12,14H,1-5H2,(H2,20,21,26). The first kappa shape index (κ1) is 18.1. The SMILES string of the molecule is O=[N+]([O-])c1ccc(-c2ccc(C=NNC(=S)NC3CCCCC3)o2)cc1. The third-order valence-electron chi connectivity index (χ3n) is 4.29. The number of hydrazone groups is 1. The second kappa shape index (κ2) is 8.57. The van der Waals surface area contributed by atoms with Crippen LogP contribution in [-0.2, 0) is 0 Å². The first-order valence-corrected chi connectivity index (χ1v) is 8.97. The molecule has 2 aromatic rings. The topological polar surface area (TPSA) is 92.7 Å². The number of benzene rings is 1. The van der Waals surface area contributed by atoms with Gasteiger partial charge in [0.05, 0.1) is 11.1 Å². The van der Waals surface area contributed by atoms with E-state index in [9.17, 15) is 10.1 Å². The summed E-state index contributed by atoms with van der Waals surface area (Å²) in [5.41, 5.74) is 3.61. The molecule has 1 aromatic carbocycles. The van der Waals surface area contributed by atoms with Crippen molar-refractivity contribution in [3.63, 3.8) is 0 Å².